The lowest BCUT2D eigenvalue weighted by Gasteiger charge is -2.15. The van der Waals surface area contributed by atoms with E-state index in [1.807, 2.05) is 0 Å². The Balaban J connectivity index is 3.40. The van der Waals surface area contributed by atoms with E-state index in [1.165, 1.54) is 32.8 Å². The standard InChI is InChI=1S/C19H37FO3/c1-3-4-5-6-8-11-14-17(20)18(21)15-12-9-7-10-13-16-19(22)23-2/h17-18,21H,3-16H2,1-2H3/t17-,18-/m1/s1. The molecule has 0 aliphatic carbocycles. The maximum atomic E-state index is 13.8. The summed E-state index contributed by atoms with van der Waals surface area (Å²) in [6, 6.07) is 0. The largest absolute Gasteiger partial charge is 0.469 e. The summed E-state index contributed by atoms with van der Waals surface area (Å²) in [6.45, 7) is 2.19. The van der Waals surface area contributed by atoms with E-state index in [4.69, 9.17) is 0 Å². The summed E-state index contributed by atoms with van der Waals surface area (Å²) in [5.41, 5.74) is 0. The minimum absolute atomic E-state index is 0.157. The van der Waals surface area contributed by atoms with Crippen LogP contribution in [0, 0.1) is 0 Å². The average Bonchev–Trinajstić information content (AvgIpc) is 2.56. The molecule has 0 heterocycles. The van der Waals surface area contributed by atoms with Gasteiger partial charge >= 0.3 is 5.97 Å². The third-order valence-electron chi connectivity index (χ3n) is 4.36. The molecule has 23 heavy (non-hydrogen) atoms. The first-order chi connectivity index (χ1) is 11.1. The van der Waals surface area contributed by atoms with Crippen molar-refractivity contribution in [1.29, 1.82) is 0 Å². The molecule has 0 fully saturated rings. The van der Waals surface area contributed by atoms with Gasteiger partial charge in [0.1, 0.15) is 6.17 Å². The summed E-state index contributed by atoms with van der Waals surface area (Å²) in [5, 5.41) is 9.83. The van der Waals surface area contributed by atoms with Gasteiger partial charge in [-0.05, 0) is 19.3 Å². The molecule has 138 valence electrons. The minimum Gasteiger partial charge on any atom is -0.469 e. The van der Waals surface area contributed by atoms with Crippen LogP contribution in [0.15, 0.2) is 0 Å². The summed E-state index contributed by atoms with van der Waals surface area (Å²) in [7, 11) is 1.41. The number of esters is 1. The van der Waals surface area contributed by atoms with Crippen molar-refractivity contribution < 1.29 is 19.0 Å². The number of rotatable bonds is 16. The Morgan fingerprint density at radius 1 is 0.913 bits per heavy atom. The van der Waals surface area contributed by atoms with Crippen molar-refractivity contribution in [3.05, 3.63) is 0 Å². The predicted molar refractivity (Wildman–Crippen MR) is 93.2 cm³/mol. The molecule has 0 bridgehead atoms. The van der Waals surface area contributed by atoms with E-state index in [2.05, 4.69) is 11.7 Å². The SMILES string of the molecule is CCCCCCCC[C@@H](F)[C@H](O)CCCCCCCC(=O)OC. The Hall–Kier alpha value is -0.640. The van der Waals surface area contributed by atoms with Crippen LogP contribution in [0.4, 0.5) is 4.39 Å². The Morgan fingerprint density at radius 3 is 2.04 bits per heavy atom. The highest BCUT2D eigenvalue weighted by Gasteiger charge is 2.17. The number of alkyl halides is 1. The van der Waals surface area contributed by atoms with Gasteiger partial charge in [0.05, 0.1) is 13.2 Å². The van der Waals surface area contributed by atoms with E-state index in [0.29, 0.717) is 19.3 Å². The van der Waals surface area contributed by atoms with Gasteiger partial charge in [0.2, 0.25) is 0 Å². The Kier molecular flexibility index (Phi) is 15.8. The lowest BCUT2D eigenvalue weighted by Crippen LogP contribution is -2.21. The number of hydrogen-bond acceptors (Lipinski definition) is 3. The second-order valence-electron chi connectivity index (χ2n) is 6.52. The Morgan fingerprint density at radius 2 is 1.43 bits per heavy atom. The van der Waals surface area contributed by atoms with Crippen LogP contribution in [-0.2, 0) is 9.53 Å². The molecule has 0 amide bonds. The highest BCUT2D eigenvalue weighted by Crippen LogP contribution is 2.17. The van der Waals surface area contributed by atoms with Crippen LogP contribution in [0.1, 0.15) is 96.8 Å². The predicted octanol–water partition coefficient (Wildman–Crippen LogP) is 5.34. The molecule has 0 rings (SSSR count). The zero-order valence-electron chi connectivity index (χ0n) is 15.2. The molecular formula is C19H37FO3. The fourth-order valence-corrected chi connectivity index (χ4v) is 2.75. The number of hydrogen-bond donors (Lipinski definition) is 1. The summed E-state index contributed by atoms with van der Waals surface area (Å²) in [5.74, 6) is -0.157. The first kappa shape index (κ1) is 22.4. The van der Waals surface area contributed by atoms with Crippen molar-refractivity contribution in [3.8, 4) is 0 Å². The molecule has 4 heteroatoms. The number of aliphatic hydroxyl groups is 1. The van der Waals surface area contributed by atoms with Gasteiger partial charge in [-0.2, -0.15) is 0 Å². The quantitative estimate of drug-likeness (QED) is 0.306. The van der Waals surface area contributed by atoms with E-state index in [1.54, 1.807) is 0 Å². The van der Waals surface area contributed by atoms with Gasteiger partial charge in [-0.25, -0.2) is 4.39 Å². The first-order valence-corrected chi connectivity index (χ1v) is 9.50. The molecule has 0 saturated carbocycles. The van der Waals surface area contributed by atoms with Gasteiger partial charge in [0.15, 0.2) is 0 Å². The Bertz CT molecular complexity index is 271. The number of halogens is 1. The highest BCUT2D eigenvalue weighted by molar-refractivity contribution is 5.68. The van der Waals surface area contributed by atoms with Gasteiger partial charge < -0.3 is 9.84 Å². The topological polar surface area (TPSA) is 46.5 Å². The van der Waals surface area contributed by atoms with Gasteiger partial charge in [-0.3, -0.25) is 4.79 Å². The third kappa shape index (κ3) is 14.7. The molecule has 0 unspecified atom stereocenters. The molecule has 1 N–H and O–H groups in total. The molecule has 3 nitrogen and oxygen atoms in total. The van der Waals surface area contributed by atoms with E-state index in [9.17, 15) is 14.3 Å². The van der Waals surface area contributed by atoms with E-state index < -0.39 is 12.3 Å². The average molecular weight is 333 g/mol. The molecule has 0 aromatic carbocycles. The smallest absolute Gasteiger partial charge is 0.305 e. The first-order valence-electron chi connectivity index (χ1n) is 9.50. The zero-order chi connectivity index (χ0) is 17.3. The summed E-state index contributed by atoms with van der Waals surface area (Å²) in [6.07, 6.45) is 11.2. The van der Waals surface area contributed by atoms with Crippen LogP contribution in [-0.4, -0.2) is 30.5 Å². The lowest BCUT2D eigenvalue weighted by atomic mass is 10.0. The van der Waals surface area contributed by atoms with Gasteiger partial charge in [-0.15, -0.1) is 0 Å². The number of ether oxygens (including phenoxy) is 1. The number of methoxy groups -OCH3 is 1. The summed E-state index contributed by atoms with van der Waals surface area (Å²) in [4.78, 5) is 10.9. The third-order valence-corrected chi connectivity index (χ3v) is 4.36. The molecule has 0 radical (unpaired) electrons. The molecule has 2 atom stereocenters. The van der Waals surface area contributed by atoms with Gasteiger partial charge in [0.25, 0.3) is 0 Å². The monoisotopic (exact) mass is 332 g/mol. The van der Waals surface area contributed by atoms with Crippen LogP contribution in [0.3, 0.4) is 0 Å². The van der Waals surface area contributed by atoms with Crippen LogP contribution >= 0.6 is 0 Å². The molecule has 0 saturated heterocycles. The number of aliphatic hydroxyl groups excluding tert-OH is 1. The fraction of sp³-hybridized carbons (Fsp3) is 0.947. The molecular weight excluding hydrogens is 295 g/mol. The summed E-state index contributed by atoms with van der Waals surface area (Å²) < 4.78 is 18.4. The van der Waals surface area contributed by atoms with Crippen molar-refractivity contribution in [3.63, 3.8) is 0 Å². The normalized spacial score (nSPS) is 13.7. The Labute approximate surface area is 142 Å². The van der Waals surface area contributed by atoms with Crippen LogP contribution in [0.2, 0.25) is 0 Å². The van der Waals surface area contributed by atoms with E-state index in [0.717, 1.165) is 44.9 Å². The van der Waals surface area contributed by atoms with Crippen molar-refractivity contribution in [2.45, 2.75) is 109 Å². The highest BCUT2D eigenvalue weighted by atomic mass is 19.1. The summed E-state index contributed by atoms with van der Waals surface area (Å²) >= 11 is 0. The second kappa shape index (κ2) is 16.2. The van der Waals surface area contributed by atoms with Crippen molar-refractivity contribution >= 4 is 5.97 Å². The maximum Gasteiger partial charge on any atom is 0.305 e. The fourth-order valence-electron chi connectivity index (χ4n) is 2.75. The molecule has 0 aromatic rings. The minimum atomic E-state index is -1.07. The lowest BCUT2D eigenvalue weighted by molar-refractivity contribution is -0.140. The van der Waals surface area contributed by atoms with Crippen LogP contribution < -0.4 is 0 Å². The van der Waals surface area contributed by atoms with Crippen molar-refractivity contribution in [2.24, 2.45) is 0 Å². The molecule has 0 aromatic heterocycles. The number of carbonyl (C=O) groups is 1. The molecule has 0 aliphatic heterocycles. The van der Waals surface area contributed by atoms with Gasteiger partial charge in [-0.1, -0.05) is 71.1 Å². The van der Waals surface area contributed by atoms with Crippen LogP contribution in [0.5, 0.6) is 0 Å². The number of unbranched alkanes of at least 4 members (excludes halogenated alkanes) is 9. The van der Waals surface area contributed by atoms with Crippen molar-refractivity contribution in [2.75, 3.05) is 7.11 Å². The van der Waals surface area contributed by atoms with E-state index in [-0.39, 0.29) is 5.97 Å². The van der Waals surface area contributed by atoms with Crippen molar-refractivity contribution in [1.82, 2.24) is 0 Å². The van der Waals surface area contributed by atoms with Gasteiger partial charge in [0, 0.05) is 6.42 Å². The second-order valence-corrected chi connectivity index (χ2v) is 6.52. The van der Waals surface area contributed by atoms with E-state index >= 15 is 0 Å². The molecule has 0 aliphatic rings. The zero-order valence-corrected chi connectivity index (χ0v) is 15.2. The van der Waals surface area contributed by atoms with Crippen LogP contribution in [0.25, 0.3) is 0 Å². The molecule has 0 spiro atoms. The number of carbonyl (C=O) groups excluding carboxylic acids is 1. The maximum absolute atomic E-state index is 13.8.